The summed E-state index contributed by atoms with van der Waals surface area (Å²) in [6.07, 6.45) is 0. The van der Waals surface area contributed by atoms with Crippen molar-refractivity contribution < 1.29 is 9.26 Å². The van der Waals surface area contributed by atoms with Gasteiger partial charge in [-0.15, -0.1) is 0 Å². The van der Waals surface area contributed by atoms with Crippen LogP contribution in [0.5, 0.6) is 5.75 Å². The first-order valence-electron chi connectivity index (χ1n) is 5.63. The van der Waals surface area contributed by atoms with E-state index < -0.39 is 0 Å². The highest BCUT2D eigenvalue weighted by Gasteiger charge is 2.16. The molecular weight excluding hydrogens is 252 g/mol. The van der Waals surface area contributed by atoms with Crippen molar-refractivity contribution in [3.05, 3.63) is 28.8 Å². The lowest BCUT2D eigenvalue weighted by Gasteiger charge is -2.13. The highest BCUT2D eigenvalue weighted by atomic mass is 35.5. The largest absolute Gasteiger partial charge is 0.495 e. The Balaban J connectivity index is 2.61. The summed E-state index contributed by atoms with van der Waals surface area (Å²) in [5.74, 6) is 1.92. The molecule has 0 bridgehead atoms. The van der Waals surface area contributed by atoms with Gasteiger partial charge in [0, 0.05) is 11.6 Å². The highest BCUT2D eigenvalue weighted by Crippen LogP contribution is 2.37. The highest BCUT2D eigenvalue weighted by molar-refractivity contribution is 6.32. The van der Waals surface area contributed by atoms with Gasteiger partial charge in [-0.05, 0) is 23.6 Å². The van der Waals surface area contributed by atoms with E-state index in [0.29, 0.717) is 28.3 Å². The van der Waals surface area contributed by atoms with E-state index in [1.807, 2.05) is 12.1 Å². The third-order valence-corrected chi connectivity index (χ3v) is 3.04. The molecular formula is C13H15ClN2O2. The van der Waals surface area contributed by atoms with Gasteiger partial charge in [-0.25, -0.2) is 0 Å². The zero-order valence-corrected chi connectivity index (χ0v) is 11.3. The normalized spacial score (nSPS) is 10.9. The van der Waals surface area contributed by atoms with Crippen molar-refractivity contribution in [2.45, 2.75) is 19.8 Å². The lowest BCUT2D eigenvalue weighted by Crippen LogP contribution is -1.95. The molecule has 0 atom stereocenters. The standard InChI is InChI=1S/C13H15ClN2O2/c1-7(2)8-5-12(17-3)10(14)4-9(8)11-6-13(15)16-18-11/h4-7H,1-3H3,(H2,15,16). The van der Waals surface area contributed by atoms with Gasteiger partial charge in [-0.3, -0.25) is 0 Å². The van der Waals surface area contributed by atoms with Crippen LogP contribution in [0.2, 0.25) is 5.02 Å². The van der Waals surface area contributed by atoms with E-state index in [9.17, 15) is 0 Å². The van der Waals surface area contributed by atoms with E-state index in [1.54, 1.807) is 13.2 Å². The van der Waals surface area contributed by atoms with Crippen molar-refractivity contribution in [2.75, 3.05) is 12.8 Å². The molecule has 0 aliphatic carbocycles. The molecule has 2 aromatic rings. The minimum absolute atomic E-state index is 0.303. The number of hydrogen-bond donors (Lipinski definition) is 1. The lowest BCUT2D eigenvalue weighted by atomic mass is 9.95. The molecule has 4 nitrogen and oxygen atoms in total. The van der Waals surface area contributed by atoms with E-state index in [0.717, 1.165) is 11.1 Å². The molecule has 5 heteroatoms. The second kappa shape index (κ2) is 4.90. The molecule has 1 aromatic carbocycles. The van der Waals surface area contributed by atoms with E-state index in [-0.39, 0.29) is 0 Å². The first kappa shape index (κ1) is 12.8. The zero-order chi connectivity index (χ0) is 13.3. The van der Waals surface area contributed by atoms with Crippen molar-refractivity contribution in [3.63, 3.8) is 0 Å². The van der Waals surface area contributed by atoms with Gasteiger partial charge in [0.15, 0.2) is 11.6 Å². The van der Waals surface area contributed by atoms with Crippen LogP contribution in [0.3, 0.4) is 0 Å². The number of hydrogen-bond acceptors (Lipinski definition) is 4. The smallest absolute Gasteiger partial charge is 0.169 e. The van der Waals surface area contributed by atoms with Crippen LogP contribution in [0.25, 0.3) is 11.3 Å². The number of aromatic nitrogens is 1. The maximum Gasteiger partial charge on any atom is 0.169 e. The number of halogens is 1. The van der Waals surface area contributed by atoms with Gasteiger partial charge in [0.25, 0.3) is 0 Å². The summed E-state index contributed by atoms with van der Waals surface area (Å²) < 4.78 is 10.4. The van der Waals surface area contributed by atoms with Crippen LogP contribution < -0.4 is 10.5 Å². The van der Waals surface area contributed by atoms with Gasteiger partial charge >= 0.3 is 0 Å². The number of nitrogens with zero attached hydrogens (tertiary/aromatic N) is 1. The molecule has 0 aliphatic heterocycles. The second-order valence-electron chi connectivity index (χ2n) is 4.34. The number of methoxy groups -OCH3 is 1. The number of nitrogens with two attached hydrogens (primary N) is 1. The first-order valence-corrected chi connectivity index (χ1v) is 6.00. The molecule has 0 saturated heterocycles. The maximum atomic E-state index is 6.14. The van der Waals surface area contributed by atoms with Crippen molar-refractivity contribution in [2.24, 2.45) is 0 Å². The fraction of sp³-hybridized carbons (Fsp3) is 0.308. The molecule has 96 valence electrons. The van der Waals surface area contributed by atoms with Crippen molar-refractivity contribution in [1.29, 1.82) is 0 Å². The van der Waals surface area contributed by atoms with Crippen LogP contribution >= 0.6 is 11.6 Å². The fourth-order valence-corrected chi connectivity index (χ4v) is 2.07. The molecule has 2 rings (SSSR count). The van der Waals surface area contributed by atoms with Gasteiger partial charge in [0.1, 0.15) is 5.75 Å². The maximum absolute atomic E-state index is 6.14. The summed E-state index contributed by atoms with van der Waals surface area (Å²) in [6.45, 7) is 4.18. The predicted molar refractivity (Wildman–Crippen MR) is 72.0 cm³/mol. The quantitative estimate of drug-likeness (QED) is 0.920. The Morgan fingerprint density at radius 1 is 1.33 bits per heavy atom. The number of benzene rings is 1. The zero-order valence-electron chi connectivity index (χ0n) is 10.5. The minimum atomic E-state index is 0.303. The summed E-state index contributed by atoms with van der Waals surface area (Å²) in [7, 11) is 1.59. The van der Waals surface area contributed by atoms with Crippen molar-refractivity contribution in [3.8, 4) is 17.1 Å². The van der Waals surface area contributed by atoms with Crippen molar-refractivity contribution in [1.82, 2.24) is 5.16 Å². The summed E-state index contributed by atoms with van der Waals surface area (Å²) in [5.41, 5.74) is 7.54. The summed E-state index contributed by atoms with van der Waals surface area (Å²) in [6, 6.07) is 5.42. The van der Waals surface area contributed by atoms with E-state index in [4.69, 9.17) is 26.6 Å². The van der Waals surface area contributed by atoms with Gasteiger partial charge in [-0.2, -0.15) is 0 Å². The van der Waals surface area contributed by atoms with E-state index in [2.05, 4.69) is 19.0 Å². The topological polar surface area (TPSA) is 61.3 Å². The molecule has 0 amide bonds. The Bertz CT molecular complexity index is 564. The summed E-state index contributed by atoms with van der Waals surface area (Å²) in [4.78, 5) is 0. The summed E-state index contributed by atoms with van der Waals surface area (Å²) in [5, 5.41) is 4.23. The third kappa shape index (κ3) is 2.29. The molecule has 0 unspecified atom stereocenters. The Hall–Kier alpha value is -1.68. The molecule has 0 spiro atoms. The van der Waals surface area contributed by atoms with Crippen LogP contribution in [0, 0.1) is 0 Å². The lowest BCUT2D eigenvalue weighted by molar-refractivity contribution is 0.413. The Labute approximate surface area is 111 Å². The predicted octanol–water partition coefficient (Wildman–Crippen LogP) is 3.71. The molecule has 0 saturated carbocycles. The van der Waals surface area contributed by atoms with Crippen molar-refractivity contribution >= 4 is 17.4 Å². The number of ether oxygens (including phenoxy) is 1. The first-order chi connectivity index (χ1) is 8.52. The SMILES string of the molecule is COc1cc(C(C)C)c(-c2cc(N)no2)cc1Cl. The Morgan fingerprint density at radius 3 is 2.56 bits per heavy atom. The molecule has 1 heterocycles. The average Bonchev–Trinajstić information content (AvgIpc) is 2.75. The minimum Gasteiger partial charge on any atom is -0.495 e. The molecule has 18 heavy (non-hydrogen) atoms. The Morgan fingerprint density at radius 2 is 2.06 bits per heavy atom. The summed E-state index contributed by atoms with van der Waals surface area (Å²) >= 11 is 6.14. The third-order valence-electron chi connectivity index (χ3n) is 2.74. The van der Waals surface area contributed by atoms with Crippen LogP contribution in [0.1, 0.15) is 25.3 Å². The van der Waals surface area contributed by atoms with Crippen LogP contribution in [0.4, 0.5) is 5.82 Å². The van der Waals surface area contributed by atoms with Crippen LogP contribution in [0.15, 0.2) is 22.7 Å². The molecule has 0 fully saturated rings. The fourth-order valence-electron chi connectivity index (χ4n) is 1.83. The molecule has 2 N–H and O–H groups in total. The Kier molecular flexibility index (Phi) is 3.48. The molecule has 1 aromatic heterocycles. The van der Waals surface area contributed by atoms with Gasteiger partial charge in [0.05, 0.1) is 12.1 Å². The monoisotopic (exact) mass is 266 g/mol. The van der Waals surface area contributed by atoms with Gasteiger partial charge < -0.3 is 15.0 Å². The molecule has 0 aliphatic rings. The molecule has 0 radical (unpaired) electrons. The van der Waals surface area contributed by atoms with Gasteiger partial charge in [-0.1, -0.05) is 30.6 Å². The number of rotatable bonds is 3. The van der Waals surface area contributed by atoms with Crippen LogP contribution in [-0.2, 0) is 0 Å². The van der Waals surface area contributed by atoms with Crippen LogP contribution in [-0.4, -0.2) is 12.3 Å². The average molecular weight is 267 g/mol. The number of nitrogen functional groups attached to an aromatic ring is 1. The van der Waals surface area contributed by atoms with Gasteiger partial charge in [0.2, 0.25) is 0 Å². The second-order valence-corrected chi connectivity index (χ2v) is 4.75. The number of anilines is 1. The van der Waals surface area contributed by atoms with E-state index in [1.165, 1.54) is 0 Å². The van der Waals surface area contributed by atoms with E-state index >= 15 is 0 Å².